The van der Waals surface area contributed by atoms with Crippen molar-refractivity contribution in [3.63, 3.8) is 0 Å². The van der Waals surface area contributed by atoms with Crippen LogP contribution in [0.2, 0.25) is 0 Å². The maximum atomic E-state index is 12.0. The summed E-state index contributed by atoms with van der Waals surface area (Å²) in [7, 11) is 0. The molecule has 1 aliphatic rings. The number of nitrogens with zero attached hydrogens (tertiary/aromatic N) is 3. The molecule has 0 aliphatic carbocycles. The molecule has 0 aromatic carbocycles. The Kier molecular flexibility index (Phi) is 3.20. The third-order valence-corrected chi connectivity index (χ3v) is 3.81. The Morgan fingerprint density at radius 1 is 1.56 bits per heavy atom. The second kappa shape index (κ2) is 4.52. The number of amides is 2. The van der Waals surface area contributed by atoms with Crippen LogP contribution in [0.4, 0.5) is 9.93 Å². The largest absolute Gasteiger partial charge is 0.480 e. The number of nitrogens with one attached hydrogen (secondary N) is 1. The first-order chi connectivity index (χ1) is 8.43. The average Bonchev–Trinajstić information content (AvgIpc) is 2.86. The van der Waals surface area contributed by atoms with Gasteiger partial charge in [-0.1, -0.05) is 0 Å². The quantitative estimate of drug-likeness (QED) is 0.845. The molecule has 0 spiro atoms. The van der Waals surface area contributed by atoms with Gasteiger partial charge in [0.05, 0.1) is 0 Å². The van der Waals surface area contributed by atoms with E-state index in [0.717, 1.165) is 11.5 Å². The zero-order valence-electron chi connectivity index (χ0n) is 10.1. The normalized spacial score (nSPS) is 23.1. The van der Waals surface area contributed by atoms with Crippen molar-refractivity contribution in [2.75, 3.05) is 11.9 Å². The van der Waals surface area contributed by atoms with Gasteiger partial charge < -0.3 is 10.0 Å². The molecule has 8 heteroatoms. The SMILES string of the molecule is Cc1nsc(NC(=O)N2CCCC2(C)C(=O)O)n1. The van der Waals surface area contributed by atoms with Crippen LogP contribution >= 0.6 is 11.5 Å². The molecular formula is C10H14N4O3S. The van der Waals surface area contributed by atoms with Crippen molar-refractivity contribution in [1.29, 1.82) is 0 Å². The number of likely N-dealkylation sites (tertiary alicyclic amines) is 1. The number of anilines is 1. The van der Waals surface area contributed by atoms with E-state index in [1.165, 1.54) is 4.90 Å². The summed E-state index contributed by atoms with van der Waals surface area (Å²) in [4.78, 5) is 28.6. The third kappa shape index (κ3) is 2.15. The van der Waals surface area contributed by atoms with E-state index in [0.29, 0.717) is 30.3 Å². The van der Waals surface area contributed by atoms with Crippen LogP contribution in [-0.4, -0.2) is 43.4 Å². The van der Waals surface area contributed by atoms with Crippen LogP contribution in [0.3, 0.4) is 0 Å². The molecule has 7 nitrogen and oxygen atoms in total. The van der Waals surface area contributed by atoms with Gasteiger partial charge in [0.2, 0.25) is 5.13 Å². The molecule has 2 N–H and O–H groups in total. The third-order valence-electron chi connectivity index (χ3n) is 3.09. The first kappa shape index (κ1) is 12.7. The number of carboxylic acids is 1. The highest BCUT2D eigenvalue weighted by Gasteiger charge is 2.46. The zero-order chi connectivity index (χ0) is 13.3. The number of hydrogen-bond acceptors (Lipinski definition) is 5. The van der Waals surface area contributed by atoms with E-state index in [1.807, 2.05) is 0 Å². The van der Waals surface area contributed by atoms with Gasteiger partial charge in [-0.05, 0) is 26.7 Å². The van der Waals surface area contributed by atoms with Crippen molar-refractivity contribution >= 4 is 28.7 Å². The highest BCUT2D eigenvalue weighted by atomic mass is 32.1. The number of hydrogen-bond donors (Lipinski definition) is 2. The number of carbonyl (C=O) groups excluding carboxylic acids is 1. The number of rotatable bonds is 2. The molecule has 18 heavy (non-hydrogen) atoms. The lowest BCUT2D eigenvalue weighted by Gasteiger charge is -2.30. The Bertz CT molecular complexity index is 489. The smallest absolute Gasteiger partial charge is 0.329 e. The van der Waals surface area contributed by atoms with Crippen LogP contribution in [0, 0.1) is 6.92 Å². The molecule has 0 radical (unpaired) electrons. The zero-order valence-corrected chi connectivity index (χ0v) is 11.0. The molecule has 1 aromatic heterocycles. The summed E-state index contributed by atoms with van der Waals surface area (Å²) < 4.78 is 3.95. The molecule has 1 fully saturated rings. The molecule has 2 amide bonds. The monoisotopic (exact) mass is 270 g/mol. The molecule has 0 bridgehead atoms. The van der Waals surface area contributed by atoms with E-state index in [2.05, 4.69) is 14.7 Å². The van der Waals surface area contributed by atoms with Crippen LogP contribution in [0.15, 0.2) is 0 Å². The number of aryl methyl sites for hydroxylation is 1. The topological polar surface area (TPSA) is 95.4 Å². The number of aliphatic carboxylic acids is 1. The summed E-state index contributed by atoms with van der Waals surface area (Å²) in [5.41, 5.74) is -1.14. The second-order valence-corrected chi connectivity index (χ2v) is 5.16. The van der Waals surface area contributed by atoms with Crippen molar-refractivity contribution in [2.24, 2.45) is 0 Å². The predicted octanol–water partition coefficient (Wildman–Crippen LogP) is 1.32. The minimum Gasteiger partial charge on any atom is -0.480 e. The molecule has 2 heterocycles. The fourth-order valence-corrected chi connectivity index (χ4v) is 2.58. The number of urea groups is 1. The van der Waals surface area contributed by atoms with Crippen LogP contribution in [0.25, 0.3) is 0 Å². The van der Waals surface area contributed by atoms with Gasteiger partial charge in [0, 0.05) is 18.1 Å². The van der Waals surface area contributed by atoms with E-state index < -0.39 is 17.5 Å². The molecular weight excluding hydrogens is 256 g/mol. The lowest BCUT2D eigenvalue weighted by molar-refractivity contribution is -0.146. The minimum atomic E-state index is -1.14. The van der Waals surface area contributed by atoms with Crippen molar-refractivity contribution in [1.82, 2.24) is 14.3 Å². The maximum absolute atomic E-state index is 12.0. The molecule has 1 unspecified atom stereocenters. The van der Waals surface area contributed by atoms with Gasteiger partial charge >= 0.3 is 12.0 Å². The Hall–Kier alpha value is -1.70. The van der Waals surface area contributed by atoms with Gasteiger partial charge in [-0.25, -0.2) is 14.6 Å². The fourth-order valence-electron chi connectivity index (χ4n) is 2.02. The predicted molar refractivity (Wildman–Crippen MR) is 65.6 cm³/mol. The van der Waals surface area contributed by atoms with Crippen molar-refractivity contribution in [2.45, 2.75) is 32.2 Å². The molecule has 1 saturated heterocycles. The van der Waals surface area contributed by atoms with Gasteiger partial charge in [-0.3, -0.25) is 5.32 Å². The van der Waals surface area contributed by atoms with Crippen molar-refractivity contribution < 1.29 is 14.7 Å². The van der Waals surface area contributed by atoms with Crippen LogP contribution < -0.4 is 5.32 Å². The summed E-state index contributed by atoms with van der Waals surface area (Å²) >= 11 is 1.08. The maximum Gasteiger partial charge on any atom is 0.329 e. The second-order valence-electron chi connectivity index (χ2n) is 4.41. The first-order valence-corrected chi connectivity index (χ1v) is 6.33. The van der Waals surface area contributed by atoms with Crippen LogP contribution in [-0.2, 0) is 4.79 Å². The minimum absolute atomic E-state index is 0.386. The van der Waals surface area contributed by atoms with Gasteiger partial charge in [0.25, 0.3) is 0 Å². The molecule has 1 aromatic rings. The standard InChI is InChI=1S/C10H14N4O3S/c1-6-11-8(18-13-6)12-9(17)14-5-3-4-10(14,2)7(15)16/h3-5H2,1-2H3,(H,15,16)(H,11,12,13,17). The molecule has 1 atom stereocenters. The summed E-state index contributed by atoms with van der Waals surface area (Å²) in [6.45, 7) is 3.73. The Morgan fingerprint density at radius 2 is 2.28 bits per heavy atom. The van der Waals surface area contributed by atoms with Crippen molar-refractivity contribution in [3.8, 4) is 0 Å². The van der Waals surface area contributed by atoms with Gasteiger partial charge in [0.15, 0.2) is 0 Å². The molecule has 1 aliphatic heterocycles. The summed E-state index contributed by atoms with van der Waals surface area (Å²) in [5.74, 6) is -0.402. The lowest BCUT2D eigenvalue weighted by Crippen LogP contribution is -2.52. The van der Waals surface area contributed by atoms with Gasteiger partial charge in [-0.2, -0.15) is 4.37 Å². The number of carboxylic acid groups (broad SMARTS) is 1. The summed E-state index contributed by atoms with van der Waals surface area (Å²) in [6.07, 6.45) is 1.15. The van der Waals surface area contributed by atoms with Crippen molar-refractivity contribution in [3.05, 3.63) is 5.82 Å². The Balaban J connectivity index is 2.11. The summed E-state index contributed by atoms with van der Waals surface area (Å²) in [5, 5.41) is 12.2. The van der Waals surface area contributed by atoms with E-state index in [9.17, 15) is 14.7 Å². The van der Waals surface area contributed by atoms with E-state index in [4.69, 9.17) is 0 Å². The number of carbonyl (C=O) groups is 2. The highest BCUT2D eigenvalue weighted by Crippen LogP contribution is 2.30. The fraction of sp³-hybridized carbons (Fsp3) is 0.600. The Morgan fingerprint density at radius 3 is 2.83 bits per heavy atom. The molecule has 98 valence electrons. The molecule has 0 saturated carbocycles. The van der Waals surface area contributed by atoms with E-state index >= 15 is 0 Å². The van der Waals surface area contributed by atoms with E-state index in [1.54, 1.807) is 13.8 Å². The Labute approximate surface area is 108 Å². The first-order valence-electron chi connectivity index (χ1n) is 5.56. The average molecular weight is 270 g/mol. The number of aromatic nitrogens is 2. The summed E-state index contributed by atoms with van der Waals surface area (Å²) in [6, 6.07) is -0.437. The lowest BCUT2D eigenvalue weighted by atomic mass is 10.00. The van der Waals surface area contributed by atoms with Gasteiger partial charge in [-0.15, -0.1) is 0 Å². The van der Waals surface area contributed by atoms with Crippen LogP contribution in [0.5, 0.6) is 0 Å². The van der Waals surface area contributed by atoms with E-state index in [-0.39, 0.29) is 0 Å². The highest BCUT2D eigenvalue weighted by molar-refractivity contribution is 7.09. The van der Waals surface area contributed by atoms with Crippen LogP contribution in [0.1, 0.15) is 25.6 Å². The van der Waals surface area contributed by atoms with Gasteiger partial charge in [0.1, 0.15) is 11.4 Å². The molecule has 2 rings (SSSR count).